The van der Waals surface area contributed by atoms with Crippen LogP contribution in [-0.2, 0) is 11.3 Å². The summed E-state index contributed by atoms with van der Waals surface area (Å²) in [7, 11) is 0. The normalized spacial score (nSPS) is 30.4. The second kappa shape index (κ2) is 7.40. The van der Waals surface area contributed by atoms with Gasteiger partial charge in [-0.1, -0.05) is 0 Å². The first-order valence-corrected chi connectivity index (χ1v) is 10.5. The first kappa shape index (κ1) is 17.0. The summed E-state index contributed by atoms with van der Waals surface area (Å²) in [6.45, 7) is 11.6. The largest absolute Gasteiger partial charge is 0.381 e. The predicted octanol–water partition coefficient (Wildman–Crippen LogP) is 3.17. The number of thiazole rings is 1. The fourth-order valence-electron chi connectivity index (χ4n) is 4.97. The van der Waals surface area contributed by atoms with Crippen molar-refractivity contribution in [2.75, 3.05) is 45.9 Å². The number of nitrogens with zero attached hydrogens (tertiary/aromatic N) is 3. The highest BCUT2D eigenvalue weighted by molar-refractivity contribution is 7.09. The molecule has 0 aromatic carbocycles. The van der Waals surface area contributed by atoms with Crippen LogP contribution in [0.1, 0.15) is 42.8 Å². The fourth-order valence-corrected chi connectivity index (χ4v) is 5.57. The van der Waals surface area contributed by atoms with Gasteiger partial charge in [-0.05, 0) is 63.5 Å². The Morgan fingerprint density at radius 2 is 2.04 bits per heavy atom. The van der Waals surface area contributed by atoms with E-state index in [1.807, 2.05) is 0 Å². The third-order valence-electron chi connectivity index (χ3n) is 6.17. The molecule has 3 aliphatic heterocycles. The summed E-state index contributed by atoms with van der Waals surface area (Å²) in [4.78, 5) is 10.1. The van der Waals surface area contributed by atoms with Crippen molar-refractivity contribution < 1.29 is 4.74 Å². The second-order valence-electron chi connectivity index (χ2n) is 8.21. The lowest BCUT2D eigenvalue weighted by atomic mass is 9.79. The molecule has 1 atom stereocenters. The first-order valence-electron chi connectivity index (χ1n) is 9.64. The molecule has 0 saturated carbocycles. The molecule has 1 aromatic rings. The zero-order chi connectivity index (χ0) is 16.4. The lowest BCUT2D eigenvalue weighted by Gasteiger charge is -2.42. The van der Waals surface area contributed by atoms with E-state index in [-0.39, 0.29) is 0 Å². The van der Waals surface area contributed by atoms with E-state index < -0.39 is 0 Å². The summed E-state index contributed by atoms with van der Waals surface area (Å²) in [5.41, 5.74) is 1.82. The number of aryl methyl sites for hydroxylation is 1. The minimum absolute atomic E-state index is 0.550. The van der Waals surface area contributed by atoms with E-state index in [0.717, 1.165) is 25.7 Å². The van der Waals surface area contributed by atoms with E-state index in [2.05, 4.69) is 27.1 Å². The SMILES string of the molecule is Cc1nc(CN2CCC3(CCCN(CC4CCOCC4)C3)C2)cs1. The molecule has 4 nitrogen and oxygen atoms in total. The van der Waals surface area contributed by atoms with E-state index in [9.17, 15) is 0 Å². The van der Waals surface area contributed by atoms with Crippen LogP contribution in [0.25, 0.3) is 0 Å². The Morgan fingerprint density at radius 1 is 1.21 bits per heavy atom. The Balaban J connectivity index is 1.31. The molecular formula is C19H31N3OS. The van der Waals surface area contributed by atoms with Gasteiger partial charge in [-0.15, -0.1) is 11.3 Å². The number of hydrogen-bond donors (Lipinski definition) is 0. The standard InChI is InChI=1S/C19H31N3OS/c1-16-20-18(13-24-16)12-22-8-6-19(15-22)5-2-7-21(14-19)11-17-3-9-23-10-4-17/h13,17H,2-12,14-15H2,1H3. The van der Waals surface area contributed by atoms with Crippen LogP contribution in [0.15, 0.2) is 5.38 Å². The maximum absolute atomic E-state index is 5.52. The smallest absolute Gasteiger partial charge is 0.0897 e. The van der Waals surface area contributed by atoms with E-state index in [4.69, 9.17) is 4.74 Å². The Hall–Kier alpha value is -0.490. The van der Waals surface area contributed by atoms with E-state index >= 15 is 0 Å². The Kier molecular flexibility index (Phi) is 5.23. The van der Waals surface area contributed by atoms with Crippen molar-refractivity contribution in [3.63, 3.8) is 0 Å². The van der Waals surface area contributed by atoms with Crippen molar-refractivity contribution in [1.29, 1.82) is 0 Å². The summed E-state index contributed by atoms with van der Waals surface area (Å²) in [5.74, 6) is 0.865. The van der Waals surface area contributed by atoms with Crippen LogP contribution in [0.2, 0.25) is 0 Å². The fraction of sp³-hybridized carbons (Fsp3) is 0.842. The molecule has 0 bridgehead atoms. The second-order valence-corrected chi connectivity index (χ2v) is 9.28. The monoisotopic (exact) mass is 349 g/mol. The van der Waals surface area contributed by atoms with Gasteiger partial charge in [-0.2, -0.15) is 0 Å². The average molecular weight is 350 g/mol. The number of likely N-dealkylation sites (tertiary alicyclic amines) is 2. The topological polar surface area (TPSA) is 28.6 Å². The number of hydrogen-bond acceptors (Lipinski definition) is 5. The Bertz CT molecular complexity index is 542. The molecule has 4 rings (SSSR count). The molecule has 24 heavy (non-hydrogen) atoms. The van der Waals surface area contributed by atoms with Gasteiger partial charge in [0.05, 0.1) is 10.7 Å². The van der Waals surface area contributed by atoms with Gasteiger partial charge in [-0.25, -0.2) is 4.98 Å². The maximum Gasteiger partial charge on any atom is 0.0897 e. The summed E-state index contributed by atoms with van der Waals surface area (Å²) in [6.07, 6.45) is 6.70. The van der Waals surface area contributed by atoms with E-state index in [1.54, 1.807) is 11.3 Å². The van der Waals surface area contributed by atoms with Crippen LogP contribution in [-0.4, -0.2) is 60.7 Å². The van der Waals surface area contributed by atoms with Gasteiger partial charge in [0, 0.05) is 44.8 Å². The number of piperidine rings is 1. The molecule has 1 spiro atoms. The molecule has 0 radical (unpaired) electrons. The van der Waals surface area contributed by atoms with Crippen LogP contribution in [0.4, 0.5) is 0 Å². The number of rotatable bonds is 4. The summed E-state index contributed by atoms with van der Waals surface area (Å²) < 4.78 is 5.52. The zero-order valence-corrected chi connectivity index (χ0v) is 15.8. The molecule has 3 fully saturated rings. The average Bonchev–Trinajstić information content (AvgIpc) is 3.15. The summed E-state index contributed by atoms with van der Waals surface area (Å²) in [5, 5.41) is 3.43. The minimum atomic E-state index is 0.550. The molecule has 5 heteroatoms. The maximum atomic E-state index is 5.52. The van der Waals surface area contributed by atoms with Crippen molar-refractivity contribution in [2.24, 2.45) is 11.3 Å². The van der Waals surface area contributed by atoms with Gasteiger partial charge >= 0.3 is 0 Å². The lowest BCUT2D eigenvalue weighted by molar-refractivity contribution is 0.0312. The van der Waals surface area contributed by atoms with Gasteiger partial charge in [0.15, 0.2) is 0 Å². The van der Waals surface area contributed by atoms with E-state index in [0.29, 0.717) is 5.41 Å². The van der Waals surface area contributed by atoms with Crippen molar-refractivity contribution in [1.82, 2.24) is 14.8 Å². The molecule has 1 aromatic heterocycles. The summed E-state index contributed by atoms with van der Waals surface area (Å²) >= 11 is 1.78. The first-order chi connectivity index (χ1) is 11.7. The Morgan fingerprint density at radius 3 is 2.83 bits per heavy atom. The lowest BCUT2D eigenvalue weighted by Crippen LogP contribution is -2.46. The molecule has 1 unspecified atom stereocenters. The summed E-state index contributed by atoms with van der Waals surface area (Å²) in [6, 6.07) is 0. The van der Waals surface area contributed by atoms with Gasteiger partial charge < -0.3 is 9.64 Å². The molecule has 3 aliphatic rings. The van der Waals surface area contributed by atoms with Crippen molar-refractivity contribution in [2.45, 2.75) is 45.6 Å². The minimum Gasteiger partial charge on any atom is -0.381 e. The molecule has 0 aliphatic carbocycles. The van der Waals surface area contributed by atoms with Crippen molar-refractivity contribution >= 4 is 11.3 Å². The Labute approximate surface area is 150 Å². The highest BCUT2D eigenvalue weighted by Gasteiger charge is 2.41. The number of ether oxygens (including phenoxy) is 1. The van der Waals surface area contributed by atoms with Crippen LogP contribution in [0.3, 0.4) is 0 Å². The quantitative estimate of drug-likeness (QED) is 0.835. The van der Waals surface area contributed by atoms with Crippen LogP contribution < -0.4 is 0 Å². The number of aromatic nitrogens is 1. The molecular weight excluding hydrogens is 318 g/mol. The van der Waals surface area contributed by atoms with Crippen LogP contribution in [0, 0.1) is 18.3 Å². The van der Waals surface area contributed by atoms with E-state index in [1.165, 1.54) is 75.5 Å². The molecule has 0 N–H and O–H groups in total. The van der Waals surface area contributed by atoms with Crippen molar-refractivity contribution in [3.8, 4) is 0 Å². The van der Waals surface area contributed by atoms with Crippen molar-refractivity contribution in [3.05, 3.63) is 16.1 Å². The molecule has 4 heterocycles. The van der Waals surface area contributed by atoms with Gasteiger partial charge in [0.25, 0.3) is 0 Å². The molecule has 0 amide bonds. The molecule has 134 valence electrons. The third kappa shape index (κ3) is 4.01. The van der Waals surface area contributed by atoms with Gasteiger partial charge in [0.2, 0.25) is 0 Å². The molecule has 3 saturated heterocycles. The predicted molar refractivity (Wildman–Crippen MR) is 98.4 cm³/mol. The van der Waals surface area contributed by atoms with Crippen LogP contribution >= 0.6 is 11.3 Å². The third-order valence-corrected chi connectivity index (χ3v) is 6.99. The zero-order valence-electron chi connectivity index (χ0n) is 15.0. The van der Waals surface area contributed by atoms with Crippen LogP contribution in [0.5, 0.6) is 0 Å². The van der Waals surface area contributed by atoms with Gasteiger partial charge in [0.1, 0.15) is 0 Å². The highest BCUT2D eigenvalue weighted by Crippen LogP contribution is 2.39. The highest BCUT2D eigenvalue weighted by atomic mass is 32.1. The van der Waals surface area contributed by atoms with Gasteiger partial charge in [-0.3, -0.25) is 4.90 Å².